The zero-order valence-electron chi connectivity index (χ0n) is 16.3. The second-order valence-electron chi connectivity index (χ2n) is 9.67. The first-order chi connectivity index (χ1) is 13.4. The number of nitrogens with zero attached hydrogens (tertiary/aromatic N) is 1. The van der Waals surface area contributed by atoms with Crippen LogP contribution in [0.2, 0.25) is 0 Å². The van der Waals surface area contributed by atoms with Gasteiger partial charge in [-0.05, 0) is 81.3 Å². The maximum absolute atomic E-state index is 13.0. The minimum absolute atomic E-state index is 0.0127. The summed E-state index contributed by atoms with van der Waals surface area (Å²) in [5, 5.41) is 3.03. The van der Waals surface area contributed by atoms with Crippen molar-refractivity contribution in [2.24, 2.45) is 17.8 Å². The Morgan fingerprint density at radius 2 is 1.46 bits per heavy atom. The fourth-order valence-corrected chi connectivity index (χ4v) is 8.49. The van der Waals surface area contributed by atoms with E-state index in [0.29, 0.717) is 30.8 Å². The molecule has 1 N–H and O–H groups in total. The van der Waals surface area contributed by atoms with Gasteiger partial charge in [0.15, 0.2) is 9.84 Å². The Morgan fingerprint density at radius 3 is 2.00 bits per heavy atom. The van der Waals surface area contributed by atoms with Gasteiger partial charge in [0.1, 0.15) is 0 Å². The molecule has 152 valence electrons. The number of urea groups is 1. The minimum Gasteiger partial charge on any atom is -0.333 e. The van der Waals surface area contributed by atoms with Crippen LogP contribution in [0.15, 0.2) is 35.2 Å². The van der Waals surface area contributed by atoms with Gasteiger partial charge in [-0.15, -0.1) is 0 Å². The van der Waals surface area contributed by atoms with E-state index in [1.165, 1.54) is 19.3 Å². The Hall–Kier alpha value is -1.56. The van der Waals surface area contributed by atoms with Crippen molar-refractivity contribution >= 4 is 15.9 Å². The zero-order chi connectivity index (χ0) is 19.4. The van der Waals surface area contributed by atoms with E-state index >= 15 is 0 Å². The maximum Gasteiger partial charge on any atom is 0.317 e. The van der Waals surface area contributed by atoms with Gasteiger partial charge in [0.25, 0.3) is 0 Å². The van der Waals surface area contributed by atoms with Crippen LogP contribution in [0.3, 0.4) is 0 Å². The number of rotatable bonds is 3. The molecule has 2 amide bonds. The van der Waals surface area contributed by atoms with Gasteiger partial charge in [0.2, 0.25) is 0 Å². The van der Waals surface area contributed by atoms with Crippen molar-refractivity contribution in [3.63, 3.8) is 0 Å². The molecule has 0 unspecified atom stereocenters. The van der Waals surface area contributed by atoms with E-state index in [-0.39, 0.29) is 11.6 Å². The van der Waals surface area contributed by atoms with Crippen molar-refractivity contribution in [1.82, 2.24) is 10.2 Å². The Morgan fingerprint density at radius 1 is 0.929 bits per heavy atom. The third-order valence-electron chi connectivity index (χ3n) is 7.65. The smallest absolute Gasteiger partial charge is 0.317 e. The lowest BCUT2D eigenvalue weighted by Gasteiger charge is -2.57. The van der Waals surface area contributed by atoms with Gasteiger partial charge < -0.3 is 10.2 Å². The predicted octanol–water partition coefficient (Wildman–Crippen LogP) is 3.60. The van der Waals surface area contributed by atoms with E-state index in [0.717, 1.165) is 37.0 Å². The average molecular weight is 403 g/mol. The molecule has 6 heteroatoms. The summed E-state index contributed by atoms with van der Waals surface area (Å²) in [7, 11) is -3.31. The summed E-state index contributed by atoms with van der Waals surface area (Å²) in [6, 6.07) is 8.72. The molecule has 4 aliphatic carbocycles. The molecular weight excluding hydrogens is 372 g/mol. The SMILES string of the molecule is O=C(NC12CC3CC(CC(C3)C1)C2)N1CCC(S(=O)(=O)c2ccccc2)CC1. The van der Waals surface area contributed by atoms with Crippen molar-refractivity contribution in [2.75, 3.05) is 13.1 Å². The van der Waals surface area contributed by atoms with Crippen LogP contribution < -0.4 is 5.32 Å². The monoisotopic (exact) mass is 402 g/mol. The highest BCUT2D eigenvalue weighted by Gasteiger charge is 2.52. The summed E-state index contributed by atoms with van der Waals surface area (Å²) in [5.74, 6) is 2.40. The largest absolute Gasteiger partial charge is 0.333 e. The molecule has 0 spiro atoms. The van der Waals surface area contributed by atoms with E-state index in [9.17, 15) is 13.2 Å². The van der Waals surface area contributed by atoms with E-state index in [1.54, 1.807) is 24.3 Å². The Kier molecular flexibility index (Phi) is 4.45. The first kappa shape index (κ1) is 18.5. The highest BCUT2D eigenvalue weighted by atomic mass is 32.2. The van der Waals surface area contributed by atoms with E-state index in [2.05, 4.69) is 5.32 Å². The van der Waals surface area contributed by atoms with Crippen LogP contribution >= 0.6 is 0 Å². The second-order valence-corrected chi connectivity index (χ2v) is 11.9. The summed E-state index contributed by atoms with van der Waals surface area (Å²) in [6.07, 6.45) is 8.54. The maximum atomic E-state index is 13.0. The van der Waals surface area contributed by atoms with Crippen molar-refractivity contribution in [1.29, 1.82) is 0 Å². The molecule has 1 aromatic carbocycles. The van der Waals surface area contributed by atoms with Crippen LogP contribution in [0, 0.1) is 17.8 Å². The summed E-state index contributed by atoms with van der Waals surface area (Å²) in [5.41, 5.74) is 0.0127. The van der Waals surface area contributed by atoms with Gasteiger partial charge in [-0.1, -0.05) is 18.2 Å². The number of amides is 2. The van der Waals surface area contributed by atoms with Crippen LogP contribution in [-0.4, -0.2) is 43.2 Å². The predicted molar refractivity (Wildman–Crippen MR) is 108 cm³/mol. The van der Waals surface area contributed by atoms with Crippen LogP contribution in [0.5, 0.6) is 0 Å². The quantitative estimate of drug-likeness (QED) is 0.840. The minimum atomic E-state index is -3.31. The van der Waals surface area contributed by atoms with E-state index in [1.807, 2.05) is 11.0 Å². The number of hydrogen-bond acceptors (Lipinski definition) is 3. The molecule has 1 aromatic rings. The zero-order valence-corrected chi connectivity index (χ0v) is 17.2. The Balaban J connectivity index is 1.21. The third kappa shape index (κ3) is 3.23. The van der Waals surface area contributed by atoms with Crippen LogP contribution in [-0.2, 0) is 9.84 Å². The van der Waals surface area contributed by atoms with Gasteiger partial charge >= 0.3 is 6.03 Å². The van der Waals surface area contributed by atoms with Gasteiger partial charge in [-0.3, -0.25) is 0 Å². The number of piperidine rings is 1. The fraction of sp³-hybridized carbons (Fsp3) is 0.682. The molecule has 1 aliphatic heterocycles. The molecule has 1 saturated heterocycles. The number of carbonyl (C=O) groups is 1. The first-order valence-electron chi connectivity index (χ1n) is 10.8. The molecule has 6 rings (SSSR count). The Bertz CT molecular complexity index is 809. The van der Waals surface area contributed by atoms with Gasteiger partial charge in [0.05, 0.1) is 10.1 Å². The van der Waals surface area contributed by atoms with Gasteiger partial charge in [-0.2, -0.15) is 0 Å². The highest BCUT2D eigenvalue weighted by molar-refractivity contribution is 7.92. The molecule has 5 nitrogen and oxygen atoms in total. The first-order valence-corrected chi connectivity index (χ1v) is 12.3. The number of likely N-dealkylation sites (tertiary alicyclic amines) is 1. The molecule has 28 heavy (non-hydrogen) atoms. The molecule has 4 bridgehead atoms. The average Bonchev–Trinajstić information content (AvgIpc) is 2.67. The molecule has 0 radical (unpaired) electrons. The van der Waals surface area contributed by atoms with E-state index < -0.39 is 15.1 Å². The second kappa shape index (κ2) is 6.75. The summed E-state index contributed by atoms with van der Waals surface area (Å²) in [4.78, 5) is 15.2. The lowest BCUT2D eigenvalue weighted by molar-refractivity contribution is -0.0159. The van der Waals surface area contributed by atoms with Crippen molar-refractivity contribution < 1.29 is 13.2 Å². The van der Waals surface area contributed by atoms with Crippen molar-refractivity contribution in [2.45, 2.75) is 67.1 Å². The number of carbonyl (C=O) groups excluding carboxylic acids is 1. The molecule has 5 aliphatic rings. The topological polar surface area (TPSA) is 66.5 Å². The van der Waals surface area contributed by atoms with Crippen LogP contribution in [0.4, 0.5) is 4.79 Å². The summed E-state index contributed by atoms with van der Waals surface area (Å²) >= 11 is 0. The fourth-order valence-electron chi connectivity index (χ4n) is 6.74. The number of benzene rings is 1. The third-order valence-corrected chi connectivity index (χ3v) is 9.93. The highest BCUT2D eigenvalue weighted by Crippen LogP contribution is 2.55. The molecule has 0 atom stereocenters. The summed E-state index contributed by atoms with van der Waals surface area (Å²) in [6.45, 7) is 1.05. The number of nitrogens with one attached hydrogen (secondary N) is 1. The molecule has 5 fully saturated rings. The van der Waals surface area contributed by atoms with E-state index in [4.69, 9.17) is 0 Å². The standard InChI is InChI=1S/C22H30N2O3S/c25-21(23-22-13-16-10-17(14-22)12-18(11-16)15-22)24-8-6-20(7-9-24)28(26,27)19-4-2-1-3-5-19/h1-5,16-18,20H,6-15H2,(H,23,25). The van der Waals surface area contributed by atoms with Crippen molar-refractivity contribution in [3.05, 3.63) is 30.3 Å². The lowest BCUT2D eigenvalue weighted by Crippen LogP contribution is -2.62. The van der Waals surface area contributed by atoms with Crippen LogP contribution in [0.1, 0.15) is 51.4 Å². The van der Waals surface area contributed by atoms with Gasteiger partial charge in [-0.25, -0.2) is 13.2 Å². The van der Waals surface area contributed by atoms with Crippen molar-refractivity contribution in [3.8, 4) is 0 Å². The Labute approximate surface area is 167 Å². The lowest BCUT2D eigenvalue weighted by atomic mass is 9.53. The normalized spacial score (nSPS) is 35.1. The number of hydrogen-bond donors (Lipinski definition) is 1. The number of sulfone groups is 1. The van der Waals surface area contributed by atoms with Gasteiger partial charge in [0, 0.05) is 18.6 Å². The molecular formula is C22H30N2O3S. The molecule has 1 heterocycles. The molecule has 0 aromatic heterocycles. The summed E-state index contributed by atoms with van der Waals surface area (Å²) < 4.78 is 25.7. The van der Waals surface area contributed by atoms with Crippen LogP contribution in [0.25, 0.3) is 0 Å². The molecule has 4 saturated carbocycles.